The van der Waals surface area contributed by atoms with Crippen LogP contribution in [0.25, 0.3) is 0 Å². The Morgan fingerprint density at radius 2 is 2.31 bits per heavy atom. The SMILES string of the molecule is COCCNS(=O)(=O)c1cc(C(=O)O)cs1. The van der Waals surface area contributed by atoms with Crippen molar-refractivity contribution in [1.82, 2.24) is 4.72 Å². The van der Waals surface area contributed by atoms with Crippen molar-refractivity contribution in [3.63, 3.8) is 0 Å². The first kappa shape index (κ1) is 13.1. The molecule has 1 heterocycles. The molecule has 0 amide bonds. The number of ether oxygens (including phenoxy) is 1. The molecule has 0 spiro atoms. The lowest BCUT2D eigenvalue weighted by molar-refractivity contribution is 0.0697. The van der Waals surface area contributed by atoms with Gasteiger partial charge in [0.15, 0.2) is 0 Å². The minimum absolute atomic E-state index is 0.0130. The summed E-state index contributed by atoms with van der Waals surface area (Å²) < 4.78 is 30.2. The lowest BCUT2D eigenvalue weighted by Crippen LogP contribution is -2.26. The zero-order chi connectivity index (χ0) is 12.2. The number of carboxylic acid groups (broad SMARTS) is 1. The van der Waals surface area contributed by atoms with Crippen LogP contribution in [0.15, 0.2) is 15.7 Å². The number of sulfonamides is 1. The Bertz CT molecular complexity index is 465. The monoisotopic (exact) mass is 265 g/mol. The maximum atomic E-state index is 11.6. The van der Waals surface area contributed by atoms with Gasteiger partial charge in [-0.25, -0.2) is 17.9 Å². The van der Waals surface area contributed by atoms with Crippen molar-refractivity contribution in [3.8, 4) is 0 Å². The normalized spacial score (nSPS) is 11.6. The van der Waals surface area contributed by atoms with E-state index in [1.807, 2.05) is 0 Å². The van der Waals surface area contributed by atoms with Gasteiger partial charge in [-0.3, -0.25) is 0 Å². The third-order valence-electron chi connectivity index (χ3n) is 1.69. The van der Waals surface area contributed by atoms with E-state index in [4.69, 9.17) is 9.84 Å². The lowest BCUT2D eigenvalue weighted by Gasteiger charge is -2.02. The predicted molar refractivity (Wildman–Crippen MR) is 58.3 cm³/mol. The van der Waals surface area contributed by atoms with Gasteiger partial charge in [-0.05, 0) is 6.07 Å². The van der Waals surface area contributed by atoms with Crippen molar-refractivity contribution in [1.29, 1.82) is 0 Å². The Balaban J connectivity index is 2.78. The molecule has 8 heteroatoms. The molecule has 1 rings (SSSR count). The van der Waals surface area contributed by atoms with Crippen molar-refractivity contribution in [2.24, 2.45) is 0 Å². The Labute approximate surface area is 96.9 Å². The largest absolute Gasteiger partial charge is 0.478 e. The van der Waals surface area contributed by atoms with Gasteiger partial charge >= 0.3 is 5.97 Å². The third kappa shape index (κ3) is 3.27. The first-order valence-corrected chi connectivity index (χ1v) is 6.64. The topological polar surface area (TPSA) is 92.7 Å². The highest BCUT2D eigenvalue weighted by Gasteiger charge is 2.18. The number of hydrogen-bond donors (Lipinski definition) is 2. The molecular formula is C8H11NO5S2. The summed E-state index contributed by atoms with van der Waals surface area (Å²) >= 11 is 0.871. The Morgan fingerprint density at radius 1 is 1.62 bits per heavy atom. The molecule has 0 saturated heterocycles. The van der Waals surface area contributed by atoms with E-state index in [-0.39, 0.29) is 22.9 Å². The highest BCUT2D eigenvalue weighted by Crippen LogP contribution is 2.19. The average Bonchev–Trinajstić information content (AvgIpc) is 2.67. The van der Waals surface area contributed by atoms with E-state index >= 15 is 0 Å². The van der Waals surface area contributed by atoms with Gasteiger partial charge in [0, 0.05) is 19.0 Å². The number of thiophene rings is 1. The number of aromatic carboxylic acids is 1. The maximum absolute atomic E-state index is 11.6. The van der Waals surface area contributed by atoms with E-state index in [2.05, 4.69) is 4.72 Å². The van der Waals surface area contributed by atoms with Crippen LogP contribution in [-0.2, 0) is 14.8 Å². The molecule has 1 aromatic rings. The van der Waals surface area contributed by atoms with E-state index in [0.717, 1.165) is 17.4 Å². The molecule has 0 aliphatic carbocycles. The molecule has 0 aliphatic heterocycles. The van der Waals surface area contributed by atoms with Crippen molar-refractivity contribution in [3.05, 3.63) is 17.0 Å². The minimum Gasteiger partial charge on any atom is -0.478 e. The molecule has 0 fully saturated rings. The van der Waals surface area contributed by atoms with E-state index in [1.54, 1.807) is 0 Å². The molecule has 0 bridgehead atoms. The molecule has 16 heavy (non-hydrogen) atoms. The van der Waals surface area contributed by atoms with Gasteiger partial charge in [0.05, 0.1) is 12.2 Å². The fourth-order valence-electron chi connectivity index (χ4n) is 0.919. The van der Waals surface area contributed by atoms with Gasteiger partial charge in [0.25, 0.3) is 0 Å². The van der Waals surface area contributed by atoms with Crippen LogP contribution in [0.2, 0.25) is 0 Å². The summed E-state index contributed by atoms with van der Waals surface area (Å²) in [5.74, 6) is -1.14. The van der Waals surface area contributed by atoms with E-state index in [0.29, 0.717) is 0 Å². The lowest BCUT2D eigenvalue weighted by atomic mass is 10.4. The van der Waals surface area contributed by atoms with Gasteiger partial charge in [0.1, 0.15) is 4.21 Å². The second-order valence-electron chi connectivity index (χ2n) is 2.85. The summed E-state index contributed by atoms with van der Waals surface area (Å²) in [5.41, 5.74) is -0.0304. The molecule has 1 aromatic heterocycles. The zero-order valence-electron chi connectivity index (χ0n) is 8.47. The third-order valence-corrected chi connectivity index (χ3v) is 4.59. The maximum Gasteiger partial charge on any atom is 0.336 e. The summed E-state index contributed by atoms with van der Waals surface area (Å²) in [6.07, 6.45) is 0. The first-order chi connectivity index (χ1) is 7.47. The summed E-state index contributed by atoms with van der Waals surface area (Å²) in [4.78, 5) is 10.6. The van der Waals surface area contributed by atoms with Crippen molar-refractivity contribution >= 4 is 27.3 Å². The van der Waals surface area contributed by atoms with Gasteiger partial charge in [0.2, 0.25) is 10.0 Å². The van der Waals surface area contributed by atoms with Crippen LogP contribution in [0.5, 0.6) is 0 Å². The number of rotatable bonds is 6. The molecule has 0 radical (unpaired) electrons. The van der Waals surface area contributed by atoms with Gasteiger partial charge in [-0.1, -0.05) is 0 Å². The fourth-order valence-corrected chi connectivity index (χ4v) is 3.13. The van der Waals surface area contributed by atoms with Crippen LogP contribution in [-0.4, -0.2) is 39.8 Å². The molecule has 90 valence electrons. The van der Waals surface area contributed by atoms with Gasteiger partial charge in [-0.2, -0.15) is 0 Å². The molecule has 0 unspecified atom stereocenters. The van der Waals surface area contributed by atoms with Crippen LogP contribution in [0, 0.1) is 0 Å². The van der Waals surface area contributed by atoms with Crippen LogP contribution >= 0.6 is 11.3 Å². The molecule has 6 nitrogen and oxygen atoms in total. The summed E-state index contributed by atoms with van der Waals surface area (Å²) in [5, 5.41) is 9.93. The number of nitrogens with one attached hydrogen (secondary N) is 1. The Kier molecular flexibility index (Phi) is 4.42. The van der Waals surface area contributed by atoms with Gasteiger partial charge in [-0.15, -0.1) is 11.3 Å². The minimum atomic E-state index is -3.62. The fraction of sp³-hybridized carbons (Fsp3) is 0.375. The second-order valence-corrected chi connectivity index (χ2v) is 5.76. The number of methoxy groups -OCH3 is 1. The molecule has 0 aromatic carbocycles. The van der Waals surface area contributed by atoms with Crippen LogP contribution in [0.4, 0.5) is 0 Å². The Hall–Kier alpha value is -0.960. The van der Waals surface area contributed by atoms with Crippen molar-refractivity contribution in [2.75, 3.05) is 20.3 Å². The average molecular weight is 265 g/mol. The summed E-state index contributed by atoms with van der Waals surface area (Å²) in [6, 6.07) is 1.13. The number of carboxylic acids is 1. The molecule has 0 aliphatic rings. The van der Waals surface area contributed by atoms with Gasteiger partial charge < -0.3 is 9.84 Å². The summed E-state index contributed by atoms with van der Waals surface area (Å²) in [6.45, 7) is 0.412. The number of carbonyl (C=O) groups is 1. The molecule has 0 atom stereocenters. The molecule has 0 saturated carbocycles. The van der Waals surface area contributed by atoms with E-state index in [1.165, 1.54) is 12.5 Å². The van der Waals surface area contributed by atoms with Crippen LogP contribution in [0.3, 0.4) is 0 Å². The predicted octanol–water partition coefficient (Wildman–Crippen LogP) is 0.371. The molecular weight excluding hydrogens is 254 g/mol. The highest BCUT2D eigenvalue weighted by molar-refractivity contribution is 7.91. The van der Waals surface area contributed by atoms with Crippen LogP contribution in [0.1, 0.15) is 10.4 Å². The van der Waals surface area contributed by atoms with E-state index in [9.17, 15) is 13.2 Å². The van der Waals surface area contributed by atoms with Crippen LogP contribution < -0.4 is 4.72 Å². The smallest absolute Gasteiger partial charge is 0.336 e. The van der Waals surface area contributed by atoms with Crippen molar-refractivity contribution in [2.45, 2.75) is 4.21 Å². The second kappa shape index (κ2) is 5.39. The first-order valence-electron chi connectivity index (χ1n) is 4.28. The highest BCUT2D eigenvalue weighted by atomic mass is 32.2. The Morgan fingerprint density at radius 3 is 2.81 bits per heavy atom. The quantitative estimate of drug-likeness (QED) is 0.725. The molecule has 2 N–H and O–H groups in total. The summed E-state index contributed by atoms with van der Waals surface area (Å²) in [7, 11) is -2.16. The number of hydrogen-bond acceptors (Lipinski definition) is 5. The zero-order valence-corrected chi connectivity index (χ0v) is 10.1. The standard InChI is InChI=1S/C8H11NO5S2/c1-14-3-2-9-16(12,13)7-4-6(5-15-7)8(10)11/h4-5,9H,2-3H2,1H3,(H,10,11). The van der Waals surface area contributed by atoms with Crippen molar-refractivity contribution < 1.29 is 23.1 Å². The van der Waals surface area contributed by atoms with E-state index < -0.39 is 16.0 Å².